The van der Waals surface area contributed by atoms with Crippen molar-refractivity contribution in [3.8, 4) is 0 Å². The van der Waals surface area contributed by atoms with Crippen molar-refractivity contribution in [3.05, 3.63) is 69.5 Å². The van der Waals surface area contributed by atoms with E-state index in [1.807, 2.05) is 32.9 Å². The second-order valence-electron chi connectivity index (χ2n) is 8.15. The fourth-order valence-electron chi connectivity index (χ4n) is 3.85. The van der Waals surface area contributed by atoms with E-state index in [0.29, 0.717) is 23.4 Å². The van der Waals surface area contributed by atoms with E-state index < -0.39 is 9.84 Å². The fraction of sp³-hybridized carbons (Fsp3) is 0.333. The lowest BCUT2D eigenvalue weighted by molar-refractivity contribution is 0.0993. The molecular formula is C24H28N2O4S. The molecule has 31 heavy (non-hydrogen) atoms. The topological polar surface area (TPSA) is 76.5 Å². The van der Waals surface area contributed by atoms with Gasteiger partial charge in [-0.05, 0) is 61.2 Å². The number of benzene rings is 2. The minimum absolute atomic E-state index is 0.0529. The summed E-state index contributed by atoms with van der Waals surface area (Å²) in [6.45, 7) is 8.22. The van der Waals surface area contributed by atoms with Crippen LogP contribution >= 0.6 is 0 Å². The second kappa shape index (κ2) is 8.30. The first-order valence-corrected chi connectivity index (χ1v) is 12.1. The van der Waals surface area contributed by atoms with Gasteiger partial charge in [-0.2, -0.15) is 0 Å². The number of anilines is 1. The first-order chi connectivity index (χ1) is 14.5. The number of amides is 1. The largest absolute Gasteiger partial charge is 0.311 e. The van der Waals surface area contributed by atoms with Crippen LogP contribution in [0.2, 0.25) is 0 Å². The van der Waals surface area contributed by atoms with Gasteiger partial charge in [-0.15, -0.1) is 0 Å². The molecule has 0 bridgehead atoms. The lowest BCUT2D eigenvalue weighted by Gasteiger charge is -2.20. The Hall–Kier alpha value is -2.93. The highest BCUT2D eigenvalue weighted by Gasteiger charge is 2.19. The summed E-state index contributed by atoms with van der Waals surface area (Å²) >= 11 is 0. The zero-order valence-corrected chi connectivity index (χ0v) is 19.6. The maximum absolute atomic E-state index is 13.2. The molecular weight excluding hydrogens is 412 g/mol. The minimum atomic E-state index is -3.41. The SMILES string of the molecule is CCn1c(=O)cc(C(C)C)c2cc(C(=O)N(C)c3ccc(C)c(S(C)(=O)=O)c3)ccc21. The quantitative estimate of drug-likeness (QED) is 0.598. The molecule has 1 aromatic heterocycles. The standard InChI is InChI=1S/C24H28N2O4S/c1-7-26-21-11-9-17(12-20(21)19(15(2)3)14-23(26)27)24(28)25(5)18-10-8-16(4)22(13-18)31(6,29)30/h8-15H,7H2,1-6H3. The van der Waals surface area contributed by atoms with Gasteiger partial charge in [-0.3, -0.25) is 9.59 Å². The normalized spacial score (nSPS) is 11.8. The molecule has 0 atom stereocenters. The number of carbonyl (C=O) groups excluding carboxylic acids is 1. The van der Waals surface area contributed by atoms with Crippen molar-refractivity contribution >= 4 is 32.3 Å². The van der Waals surface area contributed by atoms with Gasteiger partial charge in [0.1, 0.15) is 0 Å². The Morgan fingerprint density at radius 3 is 2.35 bits per heavy atom. The van der Waals surface area contributed by atoms with Crippen LogP contribution < -0.4 is 10.5 Å². The van der Waals surface area contributed by atoms with Gasteiger partial charge in [0.2, 0.25) is 0 Å². The molecule has 3 aromatic rings. The average molecular weight is 441 g/mol. The first kappa shape index (κ1) is 22.7. The van der Waals surface area contributed by atoms with Crippen molar-refractivity contribution in [2.75, 3.05) is 18.2 Å². The third kappa shape index (κ3) is 4.28. The van der Waals surface area contributed by atoms with Gasteiger partial charge >= 0.3 is 0 Å². The highest BCUT2D eigenvalue weighted by atomic mass is 32.2. The van der Waals surface area contributed by atoms with Crippen LogP contribution in [-0.4, -0.2) is 32.2 Å². The van der Waals surface area contributed by atoms with Crippen molar-refractivity contribution < 1.29 is 13.2 Å². The monoisotopic (exact) mass is 440 g/mol. The number of pyridine rings is 1. The third-order valence-corrected chi connectivity index (χ3v) is 6.83. The van der Waals surface area contributed by atoms with Crippen LogP contribution in [0.3, 0.4) is 0 Å². The Kier molecular flexibility index (Phi) is 6.09. The smallest absolute Gasteiger partial charge is 0.258 e. The molecule has 6 nitrogen and oxygen atoms in total. The molecule has 0 radical (unpaired) electrons. The summed E-state index contributed by atoms with van der Waals surface area (Å²) in [5.74, 6) is -0.131. The zero-order valence-electron chi connectivity index (χ0n) is 18.8. The van der Waals surface area contributed by atoms with E-state index in [0.717, 1.165) is 22.7 Å². The lowest BCUT2D eigenvalue weighted by Crippen LogP contribution is -2.27. The molecule has 0 N–H and O–H groups in total. The molecule has 0 spiro atoms. The minimum Gasteiger partial charge on any atom is -0.311 e. The van der Waals surface area contributed by atoms with Crippen LogP contribution in [0.25, 0.3) is 10.9 Å². The van der Waals surface area contributed by atoms with E-state index in [4.69, 9.17) is 0 Å². The van der Waals surface area contributed by atoms with Crippen LogP contribution in [0.4, 0.5) is 5.69 Å². The summed E-state index contributed by atoms with van der Waals surface area (Å²) in [5.41, 5.74) is 3.25. The molecule has 0 saturated carbocycles. The van der Waals surface area contributed by atoms with Crippen molar-refractivity contribution in [2.45, 2.75) is 45.1 Å². The molecule has 0 aliphatic rings. The number of sulfone groups is 1. The van der Waals surface area contributed by atoms with E-state index in [9.17, 15) is 18.0 Å². The molecule has 0 saturated heterocycles. The molecule has 0 unspecified atom stereocenters. The van der Waals surface area contributed by atoms with Crippen LogP contribution in [0.1, 0.15) is 48.2 Å². The van der Waals surface area contributed by atoms with Crippen LogP contribution in [0, 0.1) is 6.92 Å². The summed E-state index contributed by atoms with van der Waals surface area (Å²) < 4.78 is 25.8. The number of hydrogen-bond acceptors (Lipinski definition) is 4. The molecule has 0 aliphatic carbocycles. The molecule has 0 fully saturated rings. The van der Waals surface area contributed by atoms with Crippen molar-refractivity contribution in [1.82, 2.24) is 4.57 Å². The maximum atomic E-state index is 13.2. The summed E-state index contributed by atoms with van der Waals surface area (Å²) in [4.78, 5) is 27.4. The van der Waals surface area contributed by atoms with Gasteiger partial charge in [0, 0.05) is 42.6 Å². The summed E-state index contributed by atoms with van der Waals surface area (Å²) in [6, 6.07) is 11.9. The number of nitrogens with zero attached hydrogens (tertiary/aromatic N) is 2. The number of aromatic nitrogens is 1. The van der Waals surface area contributed by atoms with Gasteiger partial charge in [0.15, 0.2) is 9.84 Å². The van der Waals surface area contributed by atoms with E-state index in [-0.39, 0.29) is 22.3 Å². The number of rotatable bonds is 5. The average Bonchev–Trinajstić information content (AvgIpc) is 2.71. The number of aryl methyl sites for hydroxylation is 2. The highest BCUT2D eigenvalue weighted by molar-refractivity contribution is 7.90. The third-order valence-electron chi connectivity index (χ3n) is 5.59. The molecule has 7 heteroatoms. The van der Waals surface area contributed by atoms with Gasteiger partial charge in [0.05, 0.1) is 10.4 Å². The fourth-order valence-corrected chi connectivity index (χ4v) is 4.84. The summed E-state index contributed by atoms with van der Waals surface area (Å²) in [7, 11) is -1.78. The predicted molar refractivity (Wildman–Crippen MR) is 125 cm³/mol. The summed E-state index contributed by atoms with van der Waals surface area (Å²) in [5, 5.41) is 0.872. The molecule has 164 valence electrons. The molecule has 0 aliphatic heterocycles. The van der Waals surface area contributed by atoms with Gasteiger partial charge in [-0.25, -0.2) is 8.42 Å². The Balaban J connectivity index is 2.12. The Labute approximate surface area is 183 Å². The Bertz CT molecular complexity index is 1340. The Morgan fingerprint density at radius 2 is 1.77 bits per heavy atom. The van der Waals surface area contributed by atoms with Crippen LogP contribution in [0.15, 0.2) is 52.2 Å². The molecule has 1 heterocycles. The highest BCUT2D eigenvalue weighted by Crippen LogP contribution is 2.27. The number of fused-ring (bicyclic) bond motifs is 1. The van der Waals surface area contributed by atoms with Gasteiger partial charge < -0.3 is 9.47 Å². The first-order valence-electron chi connectivity index (χ1n) is 10.2. The molecule has 2 aromatic carbocycles. The van der Waals surface area contributed by atoms with E-state index in [1.165, 1.54) is 11.0 Å². The lowest BCUT2D eigenvalue weighted by atomic mass is 9.97. The maximum Gasteiger partial charge on any atom is 0.258 e. The molecule has 3 rings (SSSR count). The van der Waals surface area contributed by atoms with Crippen LogP contribution in [-0.2, 0) is 16.4 Å². The van der Waals surface area contributed by atoms with Gasteiger partial charge in [0.25, 0.3) is 11.5 Å². The number of hydrogen-bond donors (Lipinski definition) is 0. The second-order valence-corrected chi connectivity index (χ2v) is 10.1. The van der Waals surface area contributed by atoms with Crippen molar-refractivity contribution in [1.29, 1.82) is 0 Å². The molecule has 1 amide bonds. The van der Waals surface area contributed by atoms with E-state index in [1.54, 1.807) is 42.8 Å². The zero-order chi connectivity index (χ0) is 23.1. The number of carbonyl (C=O) groups is 1. The summed E-state index contributed by atoms with van der Waals surface area (Å²) in [6.07, 6.45) is 1.16. The van der Waals surface area contributed by atoms with Crippen molar-refractivity contribution in [2.24, 2.45) is 0 Å². The van der Waals surface area contributed by atoms with Crippen LogP contribution in [0.5, 0.6) is 0 Å². The van der Waals surface area contributed by atoms with Crippen molar-refractivity contribution in [3.63, 3.8) is 0 Å². The van der Waals surface area contributed by atoms with Gasteiger partial charge in [-0.1, -0.05) is 19.9 Å². The van der Waals surface area contributed by atoms with E-state index >= 15 is 0 Å². The Morgan fingerprint density at radius 1 is 1.10 bits per heavy atom. The predicted octanol–water partition coefficient (Wildman–Crippen LogP) is 4.13. The van der Waals surface area contributed by atoms with E-state index in [2.05, 4.69) is 0 Å².